The topological polar surface area (TPSA) is 78.9 Å². The summed E-state index contributed by atoms with van der Waals surface area (Å²) in [5, 5.41) is 11.7. The lowest BCUT2D eigenvalue weighted by Gasteiger charge is -2.25. The fourth-order valence-electron chi connectivity index (χ4n) is 2.52. The first-order valence-corrected chi connectivity index (χ1v) is 7.40. The lowest BCUT2D eigenvalue weighted by molar-refractivity contribution is -0.149. The molecule has 6 nitrogen and oxygen atoms in total. The molecule has 0 aromatic heterocycles. The van der Waals surface area contributed by atoms with Gasteiger partial charge in [0.1, 0.15) is 0 Å². The van der Waals surface area contributed by atoms with Crippen LogP contribution in [0.4, 0.5) is 4.79 Å². The zero-order valence-corrected chi connectivity index (χ0v) is 12.2. The molecule has 2 atom stereocenters. The molecule has 2 rings (SSSR count). The van der Waals surface area contributed by atoms with E-state index in [1.807, 2.05) is 4.90 Å². The van der Waals surface area contributed by atoms with Crippen LogP contribution >= 0.6 is 0 Å². The van der Waals surface area contributed by atoms with E-state index in [1.165, 1.54) is 0 Å². The van der Waals surface area contributed by atoms with Gasteiger partial charge >= 0.3 is 12.0 Å². The van der Waals surface area contributed by atoms with Gasteiger partial charge in [-0.2, -0.15) is 0 Å². The Kier molecular flexibility index (Phi) is 4.86. The first kappa shape index (κ1) is 15.1. The van der Waals surface area contributed by atoms with Crippen molar-refractivity contribution in [1.29, 1.82) is 0 Å². The summed E-state index contributed by atoms with van der Waals surface area (Å²) in [6, 6.07) is 0.331. The molecule has 114 valence electrons. The largest absolute Gasteiger partial charge is 0.479 e. The van der Waals surface area contributed by atoms with Crippen LogP contribution in [0.2, 0.25) is 0 Å². The fraction of sp³-hybridized carbons (Fsp3) is 0.857. The Morgan fingerprint density at radius 1 is 1.30 bits per heavy atom. The second-order valence-corrected chi connectivity index (χ2v) is 6.13. The molecule has 2 amide bonds. The highest BCUT2D eigenvalue weighted by Crippen LogP contribution is 2.27. The molecule has 20 heavy (non-hydrogen) atoms. The van der Waals surface area contributed by atoms with E-state index in [4.69, 9.17) is 9.84 Å². The standard InChI is InChI=1S/C14H24N2O4/c1-9(2)8-16(10-3-4-10)14(19)15-7-11-5-6-12(20-11)13(17)18/h9-12H,3-8H2,1-2H3,(H,15,19)(H,17,18). The van der Waals surface area contributed by atoms with Crippen molar-refractivity contribution in [2.45, 2.75) is 57.8 Å². The second kappa shape index (κ2) is 6.43. The number of nitrogens with zero attached hydrogens (tertiary/aromatic N) is 1. The van der Waals surface area contributed by atoms with Crippen LogP contribution in [0.3, 0.4) is 0 Å². The van der Waals surface area contributed by atoms with Crippen LogP contribution in [0.5, 0.6) is 0 Å². The normalized spacial score (nSPS) is 25.8. The number of hydrogen-bond donors (Lipinski definition) is 2. The number of urea groups is 1. The molecule has 0 radical (unpaired) electrons. The third kappa shape index (κ3) is 4.10. The molecule has 1 saturated heterocycles. The van der Waals surface area contributed by atoms with Crippen molar-refractivity contribution in [3.8, 4) is 0 Å². The van der Waals surface area contributed by atoms with Gasteiger partial charge in [-0.05, 0) is 31.6 Å². The summed E-state index contributed by atoms with van der Waals surface area (Å²) < 4.78 is 5.38. The highest BCUT2D eigenvalue weighted by Gasteiger charge is 2.34. The van der Waals surface area contributed by atoms with Crippen LogP contribution in [0.15, 0.2) is 0 Å². The van der Waals surface area contributed by atoms with Gasteiger partial charge in [0.05, 0.1) is 6.10 Å². The summed E-state index contributed by atoms with van der Waals surface area (Å²) in [4.78, 5) is 24.9. The van der Waals surface area contributed by atoms with Gasteiger partial charge in [-0.3, -0.25) is 0 Å². The summed E-state index contributed by atoms with van der Waals surface area (Å²) >= 11 is 0. The van der Waals surface area contributed by atoms with E-state index in [9.17, 15) is 9.59 Å². The summed E-state index contributed by atoms with van der Waals surface area (Å²) in [5.41, 5.74) is 0. The van der Waals surface area contributed by atoms with Crippen molar-refractivity contribution >= 4 is 12.0 Å². The summed E-state index contributed by atoms with van der Waals surface area (Å²) in [6.45, 7) is 5.35. The van der Waals surface area contributed by atoms with Crippen LogP contribution < -0.4 is 5.32 Å². The Morgan fingerprint density at radius 2 is 2.00 bits per heavy atom. The molecule has 2 aliphatic rings. The predicted octanol–water partition coefficient (Wildman–Crippen LogP) is 1.45. The van der Waals surface area contributed by atoms with Crippen molar-refractivity contribution in [2.24, 2.45) is 5.92 Å². The first-order valence-electron chi connectivity index (χ1n) is 7.40. The molecule has 2 fully saturated rings. The molecule has 6 heteroatoms. The van der Waals surface area contributed by atoms with Crippen molar-refractivity contribution in [1.82, 2.24) is 10.2 Å². The van der Waals surface area contributed by atoms with Crippen LogP contribution in [-0.4, -0.2) is 53.3 Å². The van der Waals surface area contributed by atoms with Crippen LogP contribution in [-0.2, 0) is 9.53 Å². The number of carboxylic acid groups (broad SMARTS) is 1. The lowest BCUT2D eigenvalue weighted by atomic mass is 10.2. The van der Waals surface area contributed by atoms with Crippen molar-refractivity contribution in [3.63, 3.8) is 0 Å². The average Bonchev–Trinajstić information content (AvgIpc) is 3.10. The molecular weight excluding hydrogens is 260 g/mol. The van der Waals surface area contributed by atoms with Gasteiger partial charge < -0.3 is 20.1 Å². The minimum absolute atomic E-state index is 0.0522. The minimum atomic E-state index is -0.918. The molecule has 1 heterocycles. The van der Waals surface area contributed by atoms with E-state index in [-0.39, 0.29) is 12.1 Å². The van der Waals surface area contributed by atoms with Gasteiger partial charge in [-0.25, -0.2) is 9.59 Å². The Labute approximate surface area is 119 Å². The molecule has 0 spiro atoms. The SMILES string of the molecule is CC(C)CN(C(=O)NCC1CCC(C(=O)O)O1)C1CC1. The van der Waals surface area contributed by atoms with E-state index < -0.39 is 12.1 Å². The minimum Gasteiger partial charge on any atom is -0.479 e. The van der Waals surface area contributed by atoms with Gasteiger partial charge in [0.2, 0.25) is 0 Å². The molecular formula is C14H24N2O4. The number of rotatable bonds is 6. The van der Waals surface area contributed by atoms with E-state index in [2.05, 4.69) is 19.2 Å². The van der Waals surface area contributed by atoms with Gasteiger partial charge in [-0.1, -0.05) is 13.8 Å². The van der Waals surface area contributed by atoms with Gasteiger partial charge in [0, 0.05) is 19.1 Å². The number of ether oxygens (including phenoxy) is 1. The highest BCUT2D eigenvalue weighted by atomic mass is 16.5. The monoisotopic (exact) mass is 284 g/mol. The number of nitrogens with one attached hydrogen (secondary N) is 1. The molecule has 1 saturated carbocycles. The molecule has 0 bridgehead atoms. The van der Waals surface area contributed by atoms with Crippen molar-refractivity contribution in [2.75, 3.05) is 13.1 Å². The lowest BCUT2D eigenvalue weighted by Crippen LogP contribution is -2.45. The number of amides is 2. The highest BCUT2D eigenvalue weighted by molar-refractivity contribution is 5.75. The molecule has 1 aliphatic carbocycles. The molecule has 0 aromatic carbocycles. The fourth-order valence-corrected chi connectivity index (χ4v) is 2.52. The van der Waals surface area contributed by atoms with Crippen LogP contribution in [0.25, 0.3) is 0 Å². The zero-order chi connectivity index (χ0) is 14.7. The van der Waals surface area contributed by atoms with Gasteiger partial charge in [0.15, 0.2) is 6.10 Å². The Bertz CT molecular complexity index is 368. The number of aliphatic carboxylic acids is 1. The third-order valence-corrected chi connectivity index (χ3v) is 3.67. The van der Waals surface area contributed by atoms with E-state index in [1.54, 1.807) is 0 Å². The molecule has 2 N–H and O–H groups in total. The Hall–Kier alpha value is -1.30. The summed E-state index contributed by atoms with van der Waals surface area (Å²) in [6.07, 6.45) is 2.48. The molecule has 0 aromatic rings. The second-order valence-electron chi connectivity index (χ2n) is 6.13. The summed E-state index contributed by atoms with van der Waals surface area (Å²) in [5.74, 6) is -0.473. The van der Waals surface area contributed by atoms with E-state index in [0.29, 0.717) is 31.3 Å². The zero-order valence-electron chi connectivity index (χ0n) is 12.2. The number of carboxylic acids is 1. The maximum atomic E-state index is 12.2. The number of carbonyl (C=O) groups is 2. The van der Waals surface area contributed by atoms with E-state index >= 15 is 0 Å². The molecule has 2 unspecified atom stereocenters. The average molecular weight is 284 g/mol. The maximum absolute atomic E-state index is 12.2. The Morgan fingerprint density at radius 3 is 2.50 bits per heavy atom. The summed E-state index contributed by atoms with van der Waals surface area (Å²) in [7, 11) is 0. The van der Waals surface area contributed by atoms with Crippen molar-refractivity contribution in [3.05, 3.63) is 0 Å². The van der Waals surface area contributed by atoms with Crippen LogP contribution in [0.1, 0.15) is 39.5 Å². The Balaban J connectivity index is 1.75. The third-order valence-electron chi connectivity index (χ3n) is 3.67. The maximum Gasteiger partial charge on any atom is 0.332 e. The molecule has 1 aliphatic heterocycles. The first-order chi connectivity index (χ1) is 9.47. The van der Waals surface area contributed by atoms with Gasteiger partial charge in [0.25, 0.3) is 0 Å². The quantitative estimate of drug-likeness (QED) is 0.773. The van der Waals surface area contributed by atoms with Gasteiger partial charge in [-0.15, -0.1) is 0 Å². The van der Waals surface area contributed by atoms with E-state index in [0.717, 1.165) is 19.4 Å². The van der Waals surface area contributed by atoms with Crippen LogP contribution in [0, 0.1) is 5.92 Å². The number of hydrogen-bond acceptors (Lipinski definition) is 3. The predicted molar refractivity (Wildman–Crippen MR) is 73.5 cm³/mol. The number of carbonyl (C=O) groups excluding carboxylic acids is 1. The smallest absolute Gasteiger partial charge is 0.332 e. The van der Waals surface area contributed by atoms with Crippen molar-refractivity contribution < 1.29 is 19.4 Å².